The van der Waals surface area contributed by atoms with Gasteiger partial charge in [-0.05, 0) is 29.8 Å². The number of carbonyl (C=O) groups excluding carboxylic acids is 1. The largest absolute Gasteiger partial charge is 0.492 e. The molecule has 8 heteroatoms. The molecule has 4 aromatic rings. The van der Waals surface area contributed by atoms with E-state index in [2.05, 4.69) is 25.4 Å². The Bertz CT molecular complexity index is 1040. The lowest BCUT2D eigenvalue weighted by molar-refractivity contribution is -0.115. The molecular weight excluding hydrogens is 344 g/mol. The lowest BCUT2D eigenvalue weighted by Crippen LogP contribution is -2.14. The number of imidazole rings is 1. The summed E-state index contributed by atoms with van der Waals surface area (Å²) < 4.78 is 7.40. The fourth-order valence-corrected chi connectivity index (χ4v) is 2.75. The van der Waals surface area contributed by atoms with Gasteiger partial charge in [0.1, 0.15) is 25.0 Å². The van der Waals surface area contributed by atoms with E-state index in [9.17, 15) is 4.79 Å². The fraction of sp³-hybridized carbons (Fsp3) is 0.158. The van der Waals surface area contributed by atoms with Crippen molar-refractivity contribution in [3.63, 3.8) is 0 Å². The number of carbonyl (C=O) groups is 1. The summed E-state index contributed by atoms with van der Waals surface area (Å²) in [5.74, 6) is 0.598. The molecule has 0 fully saturated rings. The molecule has 4 rings (SSSR count). The Kier molecular flexibility index (Phi) is 4.78. The van der Waals surface area contributed by atoms with Gasteiger partial charge in [-0.3, -0.25) is 4.79 Å². The van der Waals surface area contributed by atoms with Crippen molar-refractivity contribution in [2.24, 2.45) is 0 Å². The zero-order valence-electron chi connectivity index (χ0n) is 14.5. The standard InChI is InChI=1S/C19H18N6O2/c26-19(9-14-4-5-17-18(8-14)22-12-21-17)24-15-2-1-3-16(10-15)27-7-6-25-13-20-11-23-25/h1-5,8,10-13H,6-7,9H2,(H,21,22)(H,24,26). The third-order valence-electron chi connectivity index (χ3n) is 4.02. The van der Waals surface area contributed by atoms with Crippen LogP contribution in [0.1, 0.15) is 5.56 Å². The Hall–Kier alpha value is -3.68. The number of benzene rings is 2. The number of H-pyrrole nitrogens is 1. The van der Waals surface area contributed by atoms with Crippen LogP contribution in [-0.2, 0) is 17.8 Å². The van der Waals surface area contributed by atoms with Gasteiger partial charge >= 0.3 is 0 Å². The Morgan fingerprint density at radius 2 is 2.19 bits per heavy atom. The van der Waals surface area contributed by atoms with E-state index >= 15 is 0 Å². The van der Waals surface area contributed by atoms with Crippen molar-refractivity contribution in [2.45, 2.75) is 13.0 Å². The number of rotatable bonds is 7. The first kappa shape index (κ1) is 16.8. The molecule has 0 aliphatic rings. The lowest BCUT2D eigenvalue weighted by Gasteiger charge is -2.09. The van der Waals surface area contributed by atoms with Crippen LogP contribution in [0.2, 0.25) is 0 Å². The Morgan fingerprint density at radius 1 is 1.22 bits per heavy atom. The molecule has 0 saturated carbocycles. The van der Waals surface area contributed by atoms with Crippen LogP contribution in [0.25, 0.3) is 11.0 Å². The first-order chi connectivity index (χ1) is 13.3. The smallest absolute Gasteiger partial charge is 0.228 e. The minimum atomic E-state index is -0.0892. The predicted octanol–water partition coefficient (Wildman–Crippen LogP) is 2.41. The normalized spacial score (nSPS) is 10.8. The Labute approximate surface area is 155 Å². The number of hydrogen-bond donors (Lipinski definition) is 2. The molecule has 136 valence electrons. The first-order valence-corrected chi connectivity index (χ1v) is 8.53. The van der Waals surface area contributed by atoms with Crippen molar-refractivity contribution in [3.8, 4) is 5.75 Å². The topological polar surface area (TPSA) is 97.7 Å². The highest BCUT2D eigenvalue weighted by Crippen LogP contribution is 2.18. The number of nitrogens with one attached hydrogen (secondary N) is 2. The van der Waals surface area contributed by atoms with Gasteiger partial charge in [0.05, 0.1) is 30.3 Å². The second-order valence-corrected chi connectivity index (χ2v) is 6.01. The molecule has 2 aromatic carbocycles. The minimum Gasteiger partial charge on any atom is -0.492 e. The van der Waals surface area contributed by atoms with Crippen LogP contribution in [0, 0.1) is 0 Å². The molecule has 2 heterocycles. The van der Waals surface area contributed by atoms with Crippen molar-refractivity contribution < 1.29 is 9.53 Å². The average molecular weight is 362 g/mol. The van der Waals surface area contributed by atoms with E-state index in [1.165, 1.54) is 6.33 Å². The summed E-state index contributed by atoms with van der Waals surface area (Å²) in [5.41, 5.74) is 3.42. The number of fused-ring (bicyclic) bond motifs is 1. The third kappa shape index (κ3) is 4.30. The summed E-state index contributed by atoms with van der Waals surface area (Å²) in [7, 11) is 0. The zero-order chi connectivity index (χ0) is 18.5. The van der Waals surface area contributed by atoms with Crippen LogP contribution < -0.4 is 10.1 Å². The molecule has 1 amide bonds. The van der Waals surface area contributed by atoms with E-state index in [4.69, 9.17) is 4.74 Å². The highest BCUT2D eigenvalue weighted by Gasteiger charge is 2.07. The molecule has 2 aromatic heterocycles. The average Bonchev–Trinajstić information content (AvgIpc) is 3.33. The van der Waals surface area contributed by atoms with Crippen molar-refractivity contribution in [1.29, 1.82) is 0 Å². The van der Waals surface area contributed by atoms with E-state index < -0.39 is 0 Å². The van der Waals surface area contributed by atoms with E-state index in [1.807, 2.05) is 36.4 Å². The predicted molar refractivity (Wildman–Crippen MR) is 100 cm³/mol. The SMILES string of the molecule is O=C(Cc1ccc2nc[nH]c2c1)Nc1cccc(OCCn2cncn2)c1. The van der Waals surface area contributed by atoms with Gasteiger partial charge in [-0.2, -0.15) is 5.10 Å². The quantitative estimate of drug-likeness (QED) is 0.526. The van der Waals surface area contributed by atoms with Crippen molar-refractivity contribution in [1.82, 2.24) is 24.7 Å². The summed E-state index contributed by atoms with van der Waals surface area (Å²) in [5, 5.41) is 6.93. The van der Waals surface area contributed by atoms with Crippen LogP contribution >= 0.6 is 0 Å². The van der Waals surface area contributed by atoms with Crippen LogP contribution in [0.3, 0.4) is 0 Å². The molecule has 0 saturated heterocycles. The van der Waals surface area contributed by atoms with Gasteiger partial charge in [-0.25, -0.2) is 14.6 Å². The second-order valence-electron chi connectivity index (χ2n) is 6.01. The number of nitrogens with zero attached hydrogens (tertiary/aromatic N) is 4. The van der Waals surface area contributed by atoms with Gasteiger partial charge in [-0.15, -0.1) is 0 Å². The van der Waals surface area contributed by atoms with Gasteiger partial charge < -0.3 is 15.0 Å². The molecular formula is C19H18N6O2. The summed E-state index contributed by atoms with van der Waals surface area (Å²) in [6.07, 6.45) is 5.05. The van der Waals surface area contributed by atoms with E-state index in [0.717, 1.165) is 16.6 Å². The second kappa shape index (κ2) is 7.69. The molecule has 8 nitrogen and oxygen atoms in total. The van der Waals surface area contributed by atoms with Gasteiger partial charge in [0.15, 0.2) is 0 Å². The molecule has 0 atom stereocenters. The molecule has 0 aliphatic carbocycles. The number of anilines is 1. The van der Waals surface area contributed by atoms with E-state index in [1.54, 1.807) is 23.4 Å². The molecule has 2 N–H and O–H groups in total. The molecule has 0 aliphatic heterocycles. The van der Waals surface area contributed by atoms with Crippen LogP contribution in [0.5, 0.6) is 5.75 Å². The summed E-state index contributed by atoms with van der Waals surface area (Å²) >= 11 is 0. The number of hydrogen-bond acceptors (Lipinski definition) is 5. The van der Waals surface area contributed by atoms with Crippen LogP contribution in [-0.4, -0.2) is 37.2 Å². The molecule has 0 bridgehead atoms. The minimum absolute atomic E-state index is 0.0892. The van der Waals surface area contributed by atoms with Gasteiger partial charge in [-0.1, -0.05) is 12.1 Å². The summed E-state index contributed by atoms with van der Waals surface area (Å²) in [6.45, 7) is 1.07. The first-order valence-electron chi connectivity index (χ1n) is 8.53. The number of aromatic nitrogens is 5. The highest BCUT2D eigenvalue weighted by atomic mass is 16.5. The lowest BCUT2D eigenvalue weighted by atomic mass is 10.1. The van der Waals surface area contributed by atoms with Crippen LogP contribution in [0.4, 0.5) is 5.69 Å². The molecule has 0 spiro atoms. The molecule has 0 radical (unpaired) electrons. The zero-order valence-corrected chi connectivity index (χ0v) is 14.5. The molecule has 27 heavy (non-hydrogen) atoms. The van der Waals surface area contributed by atoms with Gasteiger partial charge in [0.2, 0.25) is 5.91 Å². The fourth-order valence-electron chi connectivity index (χ4n) is 2.75. The van der Waals surface area contributed by atoms with Gasteiger partial charge in [0, 0.05) is 11.8 Å². The van der Waals surface area contributed by atoms with Crippen LogP contribution in [0.15, 0.2) is 61.4 Å². The Morgan fingerprint density at radius 3 is 3.07 bits per heavy atom. The summed E-state index contributed by atoms with van der Waals surface area (Å²) in [6, 6.07) is 13.1. The summed E-state index contributed by atoms with van der Waals surface area (Å²) in [4.78, 5) is 23.5. The monoisotopic (exact) mass is 362 g/mol. The maximum atomic E-state index is 12.3. The number of aromatic amines is 1. The number of amides is 1. The molecule has 0 unspecified atom stereocenters. The maximum Gasteiger partial charge on any atom is 0.228 e. The third-order valence-corrected chi connectivity index (χ3v) is 4.02. The van der Waals surface area contributed by atoms with Crippen molar-refractivity contribution in [2.75, 3.05) is 11.9 Å². The van der Waals surface area contributed by atoms with E-state index in [0.29, 0.717) is 24.6 Å². The number of ether oxygens (including phenoxy) is 1. The van der Waals surface area contributed by atoms with E-state index in [-0.39, 0.29) is 12.3 Å². The Balaban J connectivity index is 1.33. The van der Waals surface area contributed by atoms with Crippen molar-refractivity contribution >= 4 is 22.6 Å². The highest BCUT2D eigenvalue weighted by molar-refractivity contribution is 5.93. The maximum absolute atomic E-state index is 12.3. The van der Waals surface area contributed by atoms with Gasteiger partial charge in [0.25, 0.3) is 0 Å². The van der Waals surface area contributed by atoms with Crippen molar-refractivity contribution in [3.05, 3.63) is 67.0 Å².